The van der Waals surface area contributed by atoms with Gasteiger partial charge in [-0.05, 0) is 37.1 Å². The summed E-state index contributed by atoms with van der Waals surface area (Å²) in [5, 5.41) is 16.3. The number of likely N-dealkylation sites (N-methyl/N-ethyl adjacent to an activating group) is 1. The maximum atomic E-state index is 14.3. The molecule has 34 heavy (non-hydrogen) atoms. The molecule has 2 aliphatic rings. The molecular formula is C23H27FN8O2. The number of carbonyl (C=O) groups is 1. The Bertz CT molecular complexity index is 1260. The van der Waals surface area contributed by atoms with E-state index in [0.29, 0.717) is 35.9 Å². The van der Waals surface area contributed by atoms with Crippen LogP contribution in [0.15, 0.2) is 24.3 Å². The molecule has 4 heterocycles. The van der Waals surface area contributed by atoms with Gasteiger partial charge in [-0.2, -0.15) is 5.10 Å². The van der Waals surface area contributed by atoms with Gasteiger partial charge in [0.25, 0.3) is 5.91 Å². The molecule has 2 bridgehead atoms. The molecule has 0 radical (unpaired) electrons. The van der Waals surface area contributed by atoms with Crippen molar-refractivity contribution >= 4 is 23.1 Å². The Balaban J connectivity index is 1.73. The van der Waals surface area contributed by atoms with Crippen molar-refractivity contribution in [2.24, 2.45) is 7.05 Å². The van der Waals surface area contributed by atoms with Gasteiger partial charge in [0.05, 0.1) is 24.4 Å². The number of rotatable bonds is 1. The summed E-state index contributed by atoms with van der Waals surface area (Å²) in [5.41, 5.74) is 9.77. The Morgan fingerprint density at radius 1 is 1.21 bits per heavy atom. The van der Waals surface area contributed by atoms with E-state index in [4.69, 9.17) is 10.5 Å². The van der Waals surface area contributed by atoms with Gasteiger partial charge in [0, 0.05) is 45.0 Å². The monoisotopic (exact) mass is 466 g/mol. The number of amides is 1. The molecule has 0 aliphatic carbocycles. The molecule has 11 heteroatoms. The molecule has 1 amide bonds. The Morgan fingerprint density at radius 2 is 2.03 bits per heavy atom. The van der Waals surface area contributed by atoms with E-state index in [1.54, 1.807) is 31.1 Å². The van der Waals surface area contributed by atoms with E-state index in [1.807, 2.05) is 6.07 Å². The molecule has 3 aromatic rings. The lowest BCUT2D eigenvalue weighted by molar-refractivity contribution is 0.0794. The number of halogens is 1. The predicted octanol–water partition coefficient (Wildman–Crippen LogP) is 2.45. The van der Waals surface area contributed by atoms with Crippen molar-refractivity contribution < 1.29 is 13.9 Å². The number of aromatic nitrogens is 4. The number of carbonyl (C=O) groups excluding carboxylic acids is 1. The second kappa shape index (κ2) is 8.47. The summed E-state index contributed by atoms with van der Waals surface area (Å²) < 4.78 is 21.4. The van der Waals surface area contributed by atoms with Crippen LogP contribution in [0.4, 0.5) is 21.6 Å². The average molecular weight is 467 g/mol. The van der Waals surface area contributed by atoms with Crippen LogP contribution in [0.25, 0.3) is 11.3 Å². The lowest BCUT2D eigenvalue weighted by Crippen LogP contribution is -2.32. The third-order valence-corrected chi connectivity index (χ3v) is 6.49. The molecule has 0 unspecified atom stereocenters. The molecule has 2 aromatic heterocycles. The van der Waals surface area contributed by atoms with Gasteiger partial charge >= 0.3 is 0 Å². The summed E-state index contributed by atoms with van der Waals surface area (Å²) in [7, 11) is 4.95. The molecule has 2 aliphatic heterocycles. The van der Waals surface area contributed by atoms with Crippen LogP contribution in [0.2, 0.25) is 0 Å². The van der Waals surface area contributed by atoms with Gasteiger partial charge in [0.1, 0.15) is 11.5 Å². The number of methoxy groups -OCH3 is 1. The van der Waals surface area contributed by atoms with Crippen molar-refractivity contribution in [2.45, 2.75) is 18.9 Å². The quantitative estimate of drug-likeness (QED) is 0.562. The van der Waals surface area contributed by atoms with Crippen LogP contribution in [-0.2, 0) is 7.05 Å². The maximum absolute atomic E-state index is 14.3. The topological polar surface area (TPSA) is 114 Å². The Morgan fingerprint density at radius 3 is 2.82 bits per heavy atom. The molecule has 1 saturated heterocycles. The first-order valence-electron chi connectivity index (χ1n) is 11.2. The Kier molecular flexibility index (Phi) is 5.46. The zero-order valence-corrected chi connectivity index (χ0v) is 19.4. The molecule has 1 fully saturated rings. The highest BCUT2D eigenvalue weighted by atomic mass is 19.1. The number of nitrogens with one attached hydrogen (secondary N) is 1. The van der Waals surface area contributed by atoms with Crippen molar-refractivity contribution in [1.29, 1.82) is 0 Å². The van der Waals surface area contributed by atoms with Crippen LogP contribution in [-0.4, -0.2) is 64.6 Å². The Hall–Kier alpha value is -3.89. The van der Waals surface area contributed by atoms with Crippen molar-refractivity contribution in [3.05, 3.63) is 41.3 Å². The number of hydrogen-bond donors (Lipinski definition) is 2. The van der Waals surface area contributed by atoms with E-state index < -0.39 is 0 Å². The molecule has 3 N–H and O–H groups in total. The van der Waals surface area contributed by atoms with Crippen LogP contribution < -0.4 is 20.7 Å². The van der Waals surface area contributed by atoms with Crippen LogP contribution in [0.1, 0.15) is 34.9 Å². The normalized spacial score (nSPS) is 18.0. The highest BCUT2D eigenvalue weighted by molar-refractivity contribution is 6.00. The smallest absolute Gasteiger partial charge is 0.275 e. The molecular weight excluding hydrogens is 439 g/mol. The van der Waals surface area contributed by atoms with E-state index in [1.165, 1.54) is 17.9 Å². The van der Waals surface area contributed by atoms with Gasteiger partial charge in [-0.25, -0.2) is 9.07 Å². The van der Waals surface area contributed by atoms with Gasteiger partial charge in [0.2, 0.25) is 5.88 Å². The van der Waals surface area contributed by atoms with E-state index >= 15 is 0 Å². The highest BCUT2D eigenvalue weighted by Crippen LogP contribution is 2.43. The number of nitrogen functional groups attached to an aromatic ring is 1. The van der Waals surface area contributed by atoms with E-state index in [-0.39, 0.29) is 29.3 Å². The van der Waals surface area contributed by atoms with Gasteiger partial charge in [-0.1, -0.05) is 0 Å². The number of nitrogens with two attached hydrogens (primary N) is 1. The SMILES string of the molecule is COc1c2c(nn1C)C(=O)N(C)CCNc1ccc(F)cc1[C@H]1CCCN1c1cc-2nnc1N. The second-order valence-corrected chi connectivity index (χ2v) is 8.59. The average Bonchev–Trinajstić information content (AvgIpc) is 3.43. The predicted molar refractivity (Wildman–Crippen MR) is 126 cm³/mol. The van der Waals surface area contributed by atoms with Crippen molar-refractivity contribution in [3.8, 4) is 17.1 Å². The zero-order chi connectivity index (χ0) is 24.0. The lowest BCUT2D eigenvalue weighted by Gasteiger charge is -2.30. The Labute approximate surface area is 196 Å². The fraction of sp³-hybridized carbons (Fsp3) is 0.391. The van der Waals surface area contributed by atoms with E-state index in [2.05, 4.69) is 25.5 Å². The van der Waals surface area contributed by atoms with E-state index in [9.17, 15) is 9.18 Å². The molecule has 1 atom stereocenters. The summed E-state index contributed by atoms with van der Waals surface area (Å²) in [4.78, 5) is 17.1. The summed E-state index contributed by atoms with van der Waals surface area (Å²) in [6, 6.07) is 6.48. The minimum atomic E-state index is -0.299. The minimum Gasteiger partial charge on any atom is -0.481 e. The summed E-state index contributed by atoms with van der Waals surface area (Å²) in [6.45, 7) is 1.63. The highest BCUT2D eigenvalue weighted by Gasteiger charge is 2.33. The lowest BCUT2D eigenvalue weighted by atomic mass is 10.0. The summed E-state index contributed by atoms with van der Waals surface area (Å²) >= 11 is 0. The first-order chi connectivity index (χ1) is 16.4. The molecule has 0 saturated carbocycles. The van der Waals surface area contributed by atoms with Crippen molar-refractivity contribution in [3.63, 3.8) is 0 Å². The molecule has 0 spiro atoms. The van der Waals surface area contributed by atoms with Crippen LogP contribution in [0, 0.1) is 5.82 Å². The largest absolute Gasteiger partial charge is 0.481 e. The van der Waals surface area contributed by atoms with Gasteiger partial charge in [-0.15, -0.1) is 10.2 Å². The number of fused-ring (bicyclic) bond motifs is 8. The maximum Gasteiger partial charge on any atom is 0.275 e. The summed E-state index contributed by atoms with van der Waals surface area (Å²) in [6.07, 6.45) is 1.76. The molecule has 178 valence electrons. The number of ether oxygens (including phenoxy) is 1. The number of anilines is 3. The van der Waals surface area contributed by atoms with Gasteiger partial charge < -0.3 is 25.6 Å². The van der Waals surface area contributed by atoms with Crippen LogP contribution in [0.3, 0.4) is 0 Å². The van der Waals surface area contributed by atoms with Gasteiger partial charge in [-0.3, -0.25) is 4.79 Å². The molecule has 1 aromatic carbocycles. The standard InChI is InChI=1S/C23H27FN8O2/c1-30-10-8-26-15-7-6-13(24)11-14(15)17-5-4-9-32(17)18-12-16(27-28-21(18)25)19-20(22(30)33)29-31(2)23(19)34-3/h6-7,11-12,17,26H,4-5,8-10H2,1-3H3,(H2,25,28)/t17-/m1/s1. The second-order valence-electron chi connectivity index (χ2n) is 8.59. The third-order valence-electron chi connectivity index (χ3n) is 6.49. The number of nitrogens with zero attached hydrogens (tertiary/aromatic N) is 6. The number of hydrogen-bond acceptors (Lipinski definition) is 8. The zero-order valence-electron chi connectivity index (χ0n) is 19.4. The van der Waals surface area contributed by atoms with Crippen molar-refractivity contribution in [1.82, 2.24) is 24.9 Å². The number of benzene rings is 1. The molecule has 5 rings (SSSR count). The van der Waals surface area contributed by atoms with E-state index in [0.717, 1.165) is 30.6 Å². The van der Waals surface area contributed by atoms with Gasteiger partial charge in [0.15, 0.2) is 11.5 Å². The van der Waals surface area contributed by atoms with Crippen LogP contribution >= 0.6 is 0 Å². The fourth-order valence-corrected chi connectivity index (χ4v) is 4.86. The fourth-order valence-electron chi connectivity index (χ4n) is 4.86. The summed E-state index contributed by atoms with van der Waals surface area (Å²) in [5.74, 6) is 0.0947. The molecule has 10 nitrogen and oxygen atoms in total. The number of aryl methyl sites for hydroxylation is 1. The first kappa shape index (κ1) is 21.9. The first-order valence-corrected chi connectivity index (χ1v) is 11.2. The van der Waals surface area contributed by atoms with Crippen molar-refractivity contribution in [2.75, 3.05) is 49.7 Å². The van der Waals surface area contributed by atoms with Crippen LogP contribution in [0.5, 0.6) is 5.88 Å². The third kappa shape index (κ3) is 3.57. The minimum absolute atomic E-state index is 0.0879.